The summed E-state index contributed by atoms with van der Waals surface area (Å²) in [6, 6.07) is 10.3. The van der Waals surface area contributed by atoms with Gasteiger partial charge in [0, 0.05) is 52.8 Å². The fourth-order valence-corrected chi connectivity index (χ4v) is 6.32. The second-order valence-corrected chi connectivity index (χ2v) is 11.1. The molecule has 3 aliphatic rings. The number of hydrogen-bond donors (Lipinski definition) is 2. The number of anilines is 2. The molecule has 1 atom stereocenters. The first-order chi connectivity index (χ1) is 16.7. The Labute approximate surface area is 203 Å². The SMILES string of the molecule is O=C(NCC1CC1)c1c(CC(=O)C2CC2)sc2c1CC(n1ccnc1Nc1ccccc1)CC2. The highest BCUT2D eigenvalue weighted by Gasteiger charge is 2.34. The molecule has 0 bridgehead atoms. The molecule has 0 saturated heterocycles. The van der Waals surface area contributed by atoms with Crippen molar-refractivity contribution in [1.82, 2.24) is 14.9 Å². The van der Waals surface area contributed by atoms with Gasteiger partial charge in [0.25, 0.3) is 5.91 Å². The van der Waals surface area contributed by atoms with E-state index in [1.807, 2.05) is 42.7 Å². The molecule has 6 nitrogen and oxygen atoms in total. The Morgan fingerprint density at radius 1 is 1.09 bits per heavy atom. The fourth-order valence-electron chi connectivity index (χ4n) is 4.96. The number of imidazole rings is 1. The zero-order valence-corrected chi connectivity index (χ0v) is 20.1. The van der Waals surface area contributed by atoms with E-state index in [1.54, 1.807) is 11.3 Å². The molecule has 2 saturated carbocycles. The average molecular weight is 475 g/mol. The summed E-state index contributed by atoms with van der Waals surface area (Å²) in [5, 5.41) is 6.61. The van der Waals surface area contributed by atoms with Crippen molar-refractivity contribution in [1.29, 1.82) is 0 Å². The van der Waals surface area contributed by atoms with E-state index in [0.717, 1.165) is 66.3 Å². The van der Waals surface area contributed by atoms with E-state index in [4.69, 9.17) is 0 Å². The van der Waals surface area contributed by atoms with Crippen LogP contribution in [0.3, 0.4) is 0 Å². The fraction of sp³-hybridized carbons (Fsp3) is 0.444. The van der Waals surface area contributed by atoms with Crippen LogP contribution in [0.25, 0.3) is 0 Å². The molecule has 1 amide bonds. The molecule has 3 aliphatic carbocycles. The number of ketones is 1. The summed E-state index contributed by atoms with van der Waals surface area (Å²) in [7, 11) is 0. The Hall–Kier alpha value is -2.93. The van der Waals surface area contributed by atoms with Crippen molar-refractivity contribution in [3.8, 4) is 0 Å². The first-order valence-corrected chi connectivity index (χ1v) is 13.3. The molecule has 1 aromatic carbocycles. The molecule has 1 unspecified atom stereocenters. The number of benzene rings is 1. The summed E-state index contributed by atoms with van der Waals surface area (Å²) in [5.41, 5.74) is 2.94. The maximum atomic E-state index is 13.4. The molecule has 7 heteroatoms. The van der Waals surface area contributed by atoms with E-state index in [-0.39, 0.29) is 17.9 Å². The monoisotopic (exact) mass is 474 g/mol. The molecular weight excluding hydrogens is 444 g/mol. The third-order valence-corrected chi connectivity index (χ3v) is 8.53. The zero-order valence-electron chi connectivity index (χ0n) is 19.3. The number of Topliss-reactive ketones (excluding diaryl/α,β-unsaturated/α-hetero) is 1. The van der Waals surface area contributed by atoms with Crippen LogP contribution in [0.2, 0.25) is 0 Å². The van der Waals surface area contributed by atoms with Gasteiger partial charge in [-0.25, -0.2) is 4.98 Å². The third kappa shape index (κ3) is 4.53. The van der Waals surface area contributed by atoms with E-state index in [0.29, 0.717) is 18.1 Å². The maximum Gasteiger partial charge on any atom is 0.252 e. The Morgan fingerprint density at radius 3 is 2.68 bits per heavy atom. The number of nitrogens with zero attached hydrogens (tertiary/aromatic N) is 2. The van der Waals surface area contributed by atoms with Crippen molar-refractivity contribution in [3.05, 3.63) is 63.6 Å². The summed E-state index contributed by atoms with van der Waals surface area (Å²) in [6.07, 6.45) is 11.4. The molecule has 2 fully saturated rings. The van der Waals surface area contributed by atoms with E-state index in [1.165, 1.54) is 17.7 Å². The Morgan fingerprint density at radius 2 is 1.91 bits per heavy atom. The van der Waals surface area contributed by atoms with Crippen molar-refractivity contribution in [3.63, 3.8) is 0 Å². The van der Waals surface area contributed by atoms with Gasteiger partial charge in [0.2, 0.25) is 5.95 Å². The molecule has 176 valence electrons. The summed E-state index contributed by atoms with van der Waals surface area (Å²) >= 11 is 1.70. The zero-order chi connectivity index (χ0) is 23.1. The molecule has 6 rings (SSSR count). The van der Waals surface area contributed by atoms with Gasteiger partial charge in [-0.05, 0) is 68.6 Å². The highest BCUT2D eigenvalue weighted by molar-refractivity contribution is 7.12. The van der Waals surface area contributed by atoms with E-state index >= 15 is 0 Å². The molecule has 2 N–H and O–H groups in total. The smallest absolute Gasteiger partial charge is 0.252 e. The molecule has 34 heavy (non-hydrogen) atoms. The summed E-state index contributed by atoms with van der Waals surface area (Å²) < 4.78 is 2.20. The number of para-hydroxylation sites is 1. The van der Waals surface area contributed by atoms with Crippen molar-refractivity contribution in [2.45, 2.75) is 57.4 Å². The van der Waals surface area contributed by atoms with E-state index in [2.05, 4.69) is 20.2 Å². The van der Waals surface area contributed by atoms with Crippen LogP contribution in [-0.2, 0) is 24.1 Å². The lowest BCUT2D eigenvalue weighted by Gasteiger charge is -2.26. The quantitative estimate of drug-likeness (QED) is 0.454. The molecule has 2 aromatic heterocycles. The second kappa shape index (κ2) is 9.02. The molecule has 3 aromatic rings. The van der Waals surface area contributed by atoms with Gasteiger partial charge in [0.15, 0.2) is 0 Å². The largest absolute Gasteiger partial charge is 0.352 e. The van der Waals surface area contributed by atoms with Crippen LogP contribution in [-0.4, -0.2) is 27.8 Å². The number of nitrogens with one attached hydrogen (secondary N) is 2. The van der Waals surface area contributed by atoms with Gasteiger partial charge >= 0.3 is 0 Å². The summed E-state index contributed by atoms with van der Waals surface area (Å²) in [4.78, 5) is 32.8. The minimum absolute atomic E-state index is 0.0110. The number of aromatic nitrogens is 2. The Kier molecular flexibility index (Phi) is 5.73. The van der Waals surface area contributed by atoms with Crippen LogP contribution in [0, 0.1) is 11.8 Å². The number of amides is 1. The van der Waals surface area contributed by atoms with Crippen LogP contribution in [0.15, 0.2) is 42.7 Å². The number of hydrogen-bond acceptors (Lipinski definition) is 5. The van der Waals surface area contributed by atoms with Crippen molar-refractivity contribution in [2.24, 2.45) is 11.8 Å². The van der Waals surface area contributed by atoms with Crippen LogP contribution in [0.4, 0.5) is 11.6 Å². The predicted molar refractivity (Wildman–Crippen MR) is 134 cm³/mol. The maximum absolute atomic E-state index is 13.4. The van der Waals surface area contributed by atoms with Gasteiger partial charge in [-0.2, -0.15) is 0 Å². The number of carbonyl (C=O) groups is 2. The first-order valence-electron chi connectivity index (χ1n) is 12.4. The van der Waals surface area contributed by atoms with Gasteiger partial charge in [-0.3, -0.25) is 9.59 Å². The lowest BCUT2D eigenvalue weighted by Crippen LogP contribution is -2.28. The highest BCUT2D eigenvalue weighted by Crippen LogP contribution is 2.41. The Bertz CT molecular complexity index is 1210. The molecule has 0 aliphatic heterocycles. The van der Waals surface area contributed by atoms with Crippen LogP contribution < -0.4 is 10.6 Å². The molecule has 0 spiro atoms. The minimum Gasteiger partial charge on any atom is -0.352 e. The molecule has 0 radical (unpaired) electrons. The van der Waals surface area contributed by atoms with Gasteiger partial charge in [0.1, 0.15) is 5.78 Å². The normalized spacial score (nSPS) is 19.5. The van der Waals surface area contributed by atoms with Crippen molar-refractivity contribution in [2.75, 3.05) is 11.9 Å². The lowest BCUT2D eigenvalue weighted by molar-refractivity contribution is -0.119. The highest BCUT2D eigenvalue weighted by atomic mass is 32.1. The number of aryl methyl sites for hydroxylation is 1. The van der Waals surface area contributed by atoms with E-state index < -0.39 is 0 Å². The third-order valence-electron chi connectivity index (χ3n) is 7.24. The average Bonchev–Trinajstić information content (AvgIpc) is 3.77. The predicted octanol–water partition coefficient (Wildman–Crippen LogP) is 5.08. The van der Waals surface area contributed by atoms with Crippen LogP contribution in [0.5, 0.6) is 0 Å². The summed E-state index contributed by atoms with van der Waals surface area (Å²) in [6.45, 7) is 0.746. The molecular formula is C27H30N4O2S. The standard InChI is InChI=1S/C27H30N4O2S/c32-22(18-8-9-18)15-24-25(26(33)29-16-17-6-7-17)21-14-20(10-11-23(21)34-24)31-13-12-28-27(31)30-19-4-2-1-3-5-19/h1-5,12-13,17-18,20H,6-11,14-16H2,(H,28,30)(H,29,33). The minimum atomic E-state index is 0.0110. The molecule has 2 heterocycles. The van der Waals surface area contributed by atoms with Gasteiger partial charge in [-0.15, -0.1) is 11.3 Å². The van der Waals surface area contributed by atoms with Crippen molar-refractivity contribution < 1.29 is 9.59 Å². The van der Waals surface area contributed by atoms with Gasteiger partial charge < -0.3 is 15.2 Å². The lowest BCUT2D eigenvalue weighted by atomic mass is 9.90. The number of thiophene rings is 1. The van der Waals surface area contributed by atoms with Crippen molar-refractivity contribution >= 4 is 34.7 Å². The Balaban J connectivity index is 1.27. The number of rotatable bonds is 9. The first kappa shape index (κ1) is 21.6. The van der Waals surface area contributed by atoms with Gasteiger partial charge in [0.05, 0.1) is 5.56 Å². The van der Waals surface area contributed by atoms with E-state index in [9.17, 15) is 9.59 Å². The van der Waals surface area contributed by atoms with Crippen LogP contribution in [0.1, 0.15) is 63.8 Å². The topological polar surface area (TPSA) is 76.0 Å². The van der Waals surface area contributed by atoms with Crippen LogP contribution >= 0.6 is 11.3 Å². The second-order valence-electron chi connectivity index (χ2n) is 9.92. The number of carbonyl (C=O) groups excluding carboxylic acids is 2. The number of fused-ring (bicyclic) bond motifs is 1. The van der Waals surface area contributed by atoms with Gasteiger partial charge in [-0.1, -0.05) is 18.2 Å². The summed E-state index contributed by atoms with van der Waals surface area (Å²) in [5.74, 6) is 1.97.